The molecule has 0 saturated heterocycles. The SMILES string of the molecule is c1cncc(-c2csc(-c3cccnc3)c2)c1. The third kappa shape index (κ3) is 2.10. The summed E-state index contributed by atoms with van der Waals surface area (Å²) in [6.45, 7) is 0. The van der Waals surface area contributed by atoms with Gasteiger partial charge >= 0.3 is 0 Å². The number of thiophene rings is 1. The van der Waals surface area contributed by atoms with Crippen molar-refractivity contribution < 1.29 is 0 Å². The Morgan fingerprint density at radius 1 is 0.824 bits per heavy atom. The first-order valence-electron chi connectivity index (χ1n) is 5.33. The van der Waals surface area contributed by atoms with Crippen molar-refractivity contribution in [1.29, 1.82) is 0 Å². The van der Waals surface area contributed by atoms with E-state index in [1.807, 2.05) is 24.5 Å². The van der Waals surface area contributed by atoms with E-state index in [1.165, 1.54) is 10.4 Å². The van der Waals surface area contributed by atoms with Gasteiger partial charge in [0.05, 0.1) is 0 Å². The van der Waals surface area contributed by atoms with Crippen LogP contribution in [0.1, 0.15) is 0 Å². The quantitative estimate of drug-likeness (QED) is 0.677. The van der Waals surface area contributed by atoms with Crippen LogP contribution in [0.25, 0.3) is 21.6 Å². The first-order chi connectivity index (χ1) is 8.43. The lowest BCUT2D eigenvalue weighted by Crippen LogP contribution is -1.75. The summed E-state index contributed by atoms with van der Waals surface area (Å²) >= 11 is 1.73. The lowest BCUT2D eigenvalue weighted by Gasteiger charge is -1.95. The number of pyridine rings is 2. The molecule has 0 N–H and O–H groups in total. The lowest BCUT2D eigenvalue weighted by molar-refractivity contribution is 1.33. The lowest BCUT2D eigenvalue weighted by atomic mass is 10.1. The highest BCUT2D eigenvalue weighted by Gasteiger charge is 2.04. The minimum absolute atomic E-state index is 1.15. The molecule has 0 amide bonds. The van der Waals surface area contributed by atoms with Gasteiger partial charge in [-0.15, -0.1) is 11.3 Å². The largest absolute Gasteiger partial charge is 0.264 e. The molecule has 0 unspecified atom stereocenters. The number of rotatable bonds is 2. The summed E-state index contributed by atoms with van der Waals surface area (Å²) in [7, 11) is 0. The standard InChI is InChI=1S/C14H10N2S/c1-3-11(8-15-5-1)13-7-14(17-10-13)12-4-2-6-16-9-12/h1-10H. The second kappa shape index (κ2) is 4.47. The molecule has 0 saturated carbocycles. The van der Waals surface area contributed by atoms with Gasteiger partial charge in [-0.3, -0.25) is 9.97 Å². The molecule has 82 valence electrons. The van der Waals surface area contributed by atoms with Crippen molar-refractivity contribution >= 4 is 11.3 Å². The van der Waals surface area contributed by atoms with Crippen molar-refractivity contribution in [2.75, 3.05) is 0 Å². The van der Waals surface area contributed by atoms with E-state index in [9.17, 15) is 0 Å². The Labute approximate surface area is 104 Å². The van der Waals surface area contributed by atoms with E-state index in [0.29, 0.717) is 0 Å². The van der Waals surface area contributed by atoms with E-state index in [2.05, 4.69) is 33.5 Å². The Hall–Kier alpha value is -2.00. The Balaban J connectivity index is 1.99. The van der Waals surface area contributed by atoms with Crippen LogP contribution < -0.4 is 0 Å². The zero-order chi connectivity index (χ0) is 11.5. The van der Waals surface area contributed by atoms with Gasteiger partial charge in [-0.2, -0.15) is 0 Å². The summed E-state index contributed by atoms with van der Waals surface area (Å²) in [5.41, 5.74) is 3.52. The van der Waals surface area contributed by atoms with Gasteiger partial charge in [0.15, 0.2) is 0 Å². The first kappa shape index (κ1) is 10.2. The zero-order valence-corrected chi connectivity index (χ0v) is 9.89. The van der Waals surface area contributed by atoms with E-state index in [0.717, 1.165) is 11.1 Å². The normalized spacial score (nSPS) is 10.4. The Morgan fingerprint density at radius 2 is 1.53 bits per heavy atom. The maximum absolute atomic E-state index is 4.14. The summed E-state index contributed by atoms with van der Waals surface area (Å²) in [5.74, 6) is 0. The summed E-state index contributed by atoms with van der Waals surface area (Å²) in [5, 5.41) is 2.15. The van der Waals surface area contributed by atoms with E-state index >= 15 is 0 Å². The fourth-order valence-electron chi connectivity index (χ4n) is 1.68. The molecule has 0 aliphatic carbocycles. The third-order valence-electron chi connectivity index (χ3n) is 2.54. The third-order valence-corrected chi connectivity index (χ3v) is 3.52. The molecule has 0 aliphatic rings. The smallest absolute Gasteiger partial charge is 0.0364 e. The Bertz CT molecular complexity index is 548. The van der Waals surface area contributed by atoms with Gasteiger partial charge in [0, 0.05) is 40.8 Å². The van der Waals surface area contributed by atoms with Gasteiger partial charge in [0.2, 0.25) is 0 Å². The van der Waals surface area contributed by atoms with Gasteiger partial charge in [0.25, 0.3) is 0 Å². The van der Waals surface area contributed by atoms with Crippen molar-refractivity contribution in [2.24, 2.45) is 0 Å². The van der Waals surface area contributed by atoms with Crippen molar-refractivity contribution in [3.8, 4) is 21.6 Å². The van der Waals surface area contributed by atoms with Crippen LogP contribution in [0.3, 0.4) is 0 Å². The maximum atomic E-state index is 4.14. The van der Waals surface area contributed by atoms with Crippen molar-refractivity contribution in [1.82, 2.24) is 9.97 Å². The molecule has 0 atom stereocenters. The highest BCUT2D eigenvalue weighted by Crippen LogP contribution is 2.31. The minimum Gasteiger partial charge on any atom is -0.264 e. The van der Waals surface area contributed by atoms with Crippen LogP contribution in [0.2, 0.25) is 0 Å². The fourth-order valence-corrected chi connectivity index (χ4v) is 2.59. The molecule has 3 heteroatoms. The highest BCUT2D eigenvalue weighted by atomic mass is 32.1. The monoisotopic (exact) mass is 238 g/mol. The molecule has 3 aromatic rings. The van der Waals surface area contributed by atoms with Crippen molar-refractivity contribution in [2.45, 2.75) is 0 Å². The molecule has 0 spiro atoms. The van der Waals surface area contributed by atoms with E-state index < -0.39 is 0 Å². The number of hydrogen-bond donors (Lipinski definition) is 0. The topological polar surface area (TPSA) is 25.8 Å². The Morgan fingerprint density at radius 3 is 2.18 bits per heavy atom. The highest BCUT2D eigenvalue weighted by molar-refractivity contribution is 7.14. The molecule has 0 aromatic carbocycles. The second-order valence-electron chi connectivity index (χ2n) is 3.68. The molecule has 0 fully saturated rings. The summed E-state index contributed by atoms with van der Waals surface area (Å²) in [6.07, 6.45) is 7.35. The summed E-state index contributed by atoms with van der Waals surface area (Å²) in [6, 6.07) is 10.2. The first-order valence-corrected chi connectivity index (χ1v) is 6.21. The molecule has 2 nitrogen and oxygen atoms in total. The summed E-state index contributed by atoms with van der Waals surface area (Å²) in [4.78, 5) is 9.51. The maximum Gasteiger partial charge on any atom is 0.0364 e. The number of aromatic nitrogens is 2. The Kier molecular flexibility index (Phi) is 2.68. The van der Waals surface area contributed by atoms with Crippen molar-refractivity contribution in [3.05, 3.63) is 60.5 Å². The summed E-state index contributed by atoms with van der Waals surface area (Å²) < 4.78 is 0. The molecular formula is C14H10N2S. The van der Waals surface area contributed by atoms with Gasteiger partial charge in [-0.1, -0.05) is 12.1 Å². The molecule has 3 aromatic heterocycles. The van der Waals surface area contributed by atoms with Crippen LogP contribution in [-0.2, 0) is 0 Å². The zero-order valence-electron chi connectivity index (χ0n) is 9.08. The van der Waals surface area contributed by atoms with E-state index in [4.69, 9.17) is 0 Å². The molecule has 0 radical (unpaired) electrons. The molecule has 3 rings (SSSR count). The van der Waals surface area contributed by atoms with Crippen LogP contribution >= 0.6 is 11.3 Å². The van der Waals surface area contributed by atoms with Crippen LogP contribution in [0.5, 0.6) is 0 Å². The van der Waals surface area contributed by atoms with Crippen LogP contribution in [0.15, 0.2) is 60.5 Å². The van der Waals surface area contributed by atoms with E-state index in [-0.39, 0.29) is 0 Å². The van der Waals surface area contributed by atoms with Crippen LogP contribution in [-0.4, -0.2) is 9.97 Å². The number of hydrogen-bond acceptors (Lipinski definition) is 3. The average molecular weight is 238 g/mol. The van der Waals surface area contributed by atoms with E-state index in [1.54, 1.807) is 23.7 Å². The molecule has 0 aliphatic heterocycles. The predicted molar refractivity (Wildman–Crippen MR) is 70.8 cm³/mol. The minimum atomic E-state index is 1.15. The molecule has 17 heavy (non-hydrogen) atoms. The predicted octanol–water partition coefficient (Wildman–Crippen LogP) is 3.87. The van der Waals surface area contributed by atoms with Crippen LogP contribution in [0.4, 0.5) is 0 Å². The van der Waals surface area contributed by atoms with Gasteiger partial charge in [-0.25, -0.2) is 0 Å². The second-order valence-corrected chi connectivity index (χ2v) is 4.59. The van der Waals surface area contributed by atoms with Gasteiger partial charge in [-0.05, 0) is 29.1 Å². The van der Waals surface area contributed by atoms with Gasteiger partial charge < -0.3 is 0 Å². The molecule has 0 bridgehead atoms. The average Bonchev–Trinajstić information content (AvgIpc) is 2.90. The van der Waals surface area contributed by atoms with Gasteiger partial charge in [0.1, 0.15) is 0 Å². The molecule has 3 heterocycles. The van der Waals surface area contributed by atoms with Crippen molar-refractivity contribution in [3.63, 3.8) is 0 Å². The number of nitrogens with zero attached hydrogens (tertiary/aromatic N) is 2. The van der Waals surface area contributed by atoms with Crippen LogP contribution in [0, 0.1) is 0 Å². The molecular weight excluding hydrogens is 228 g/mol. The fraction of sp³-hybridized carbons (Fsp3) is 0.